The first-order valence-corrected chi connectivity index (χ1v) is 6.56. The first-order chi connectivity index (χ1) is 9.41. The molecule has 4 N–H and O–H groups in total. The van der Waals surface area contributed by atoms with Crippen LogP contribution in [0.3, 0.4) is 0 Å². The van der Waals surface area contributed by atoms with Crippen LogP contribution in [0.4, 0.5) is 10.1 Å². The van der Waals surface area contributed by atoms with E-state index in [0.29, 0.717) is 12.8 Å². The van der Waals surface area contributed by atoms with E-state index in [9.17, 15) is 14.0 Å². The van der Waals surface area contributed by atoms with Crippen molar-refractivity contribution in [3.05, 3.63) is 29.6 Å². The zero-order valence-corrected chi connectivity index (χ0v) is 11.3. The lowest BCUT2D eigenvalue weighted by Gasteiger charge is -2.37. The van der Waals surface area contributed by atoms with E-state index in [-0.39, 0.29) is 35.7 Å². The molecule has 1 heterocycles. The minimum absolute atomic E-state index is 0.0271. The van der Waals surface area contributed by atoms with Gasteiger partial charge in [0.15, 0.2) is 0 Å². The second-order valence-corrected chi connectivity index (χ2v) is 5.18. The molecule has 2 unspecified atom stereocenters. The third-order valence-electron chi connectivity index (χ3n) is 3.83. The molecule has 5 nitrogen and oxygen atoms in total. The lowest BCUT2D eigenvalue weighted by molar-refractivity contribution is -0.123. The van der Waals surface area contributed by atoms with E-state index in [2.05, 4.69) is 0 Å². The van der Waals surface area contributed by atoms with Gasteiger partial charge >= 0.3 is 0 Å². The van der Waals surface area contributed by atoms with Crippen LogP contribution in [-0.2, 0) is 4.79 Å². The van der Waals surface area contributed by atoms with Gasteiger partial charge in [-0.05, 0) is 31.9 Å². The number of benzene rings is 1. The quantitative estimate of drug-likeness (QED) is 0.795. The highest BCUT2D eigenvalue weighted by Crippen LogP contribution is 2.26. The number of nitrogens with zero attached hydrogens (tertiary/aromatic N) is 1. The molecule has 0 aromatic heterocycles. The summed E-state index contributed by atoms with van der Waals surface area (Å²) in [6, 6.07) is 4.11. The summed E-state index contributed by atoms with van der Waals surface area (Å²) < 4.78 is 13.4. The molecule has 2 rings (SSSR count). The van der Waals surface area contributed by atoms with E-state index in [1.54, 1.807) is 4.90 Å². The number of para-hydroxylation sites is 1. The molecule has 108 valence electrons. The van der Waals surface area contributed by atoms with Crippen molar-refractivity contribution in [2.24, 2.45) is 11.7 Å². The number of hydrogen-bond acceptors (Lipinski definition) is 3. The monoisotopic (exact) mass is 279 g/mol. The van der Waals surface area contributed by atoms with Crippen molar-refractivity contribution in [1.29, 1.82) is 0 Å². The van der Waals surface area contributed by atoms with Crippen LogP contribution in [0.25, 0.3) is 0 Å². The number of rotatable bonds is 2. The number of nitrogens with two attached hydrogens (primary N) is 2. The number of amides is 2. The van der Waals surface area contributed by atoms with Crippen LogP contribution in [0, 0.1) is 11.7 Å². The van der Waals surface area contributed by atoms with Crippen molar-refractivity contribution in [3.8, 4) is 0 Å². The van der Waals surface area contributed by atoms with E-state index in [1.165, 1.54) is 18.2 Å². The Morgan fingerprint density at radius 3 is 2.70 bits per heavy atom. The number of piperidine rings is 1. The van der Waals surface area contributed by atoms with Gasteiger partial charge in [-0.25, -0.2) is 4.39 Å². The summed E-state index contributed by atoms with van der Waals surface area (Å²) in [5.74, 6) is -1.75. The Morgan fingerprint density at radius 2 is 2.05 bits per heavy atom. The minimum atomic E-state index is -0.619. The molecule has 1 saturated heterocycles. The summed E-state index contributed by atoms with van der Waals surface area (Å²) in [4.78, 5) is 25.3. The third-order valence-corrected chi connectivity index (χ3v) is 3.83. The zero-order valence-electron chi connectivity index (χ0n) is 11.3. The highest BCUT2D eigenvalue weighted by Gasteiger charge is 2.32. The highest BCUT2D eigenvalue weighted by atomic mass is 19.1. The summed E-state index contributed by atoms with van der Waals surface area (Å²) >= 11 is 0. The topological polar surface area (TPSA) is 89.4 Å². The summed E-state index contributed by atoms with van der Waals surface area (Å²) in [6.45, 7) is 2.15. The Hall–Kier alpha value is -2.11. The van der Waals surface area contributed by atoms with Gasteiger partial charge in [0.25, 0.3) is 5.91 Å². The molecule has 6 heteroatoms. The number of halogens is 1. The normalized spacial score (nSPS) is 22.6. The van der Waals surface area contributed by atoms with Gasteiger partial charge in [-0.1, -0.05) is 6.07 Å². The van der Waals surface area contributed by atoms with E-state index < -0.39 is 11.7 Å². The second-order valence-electron chi connectivity index (χ2n) is 5.18. The van der Waals surface area contributed by atoms with Gasteiger partial charge < -0.3 is 16.4 Å². The number of anilines is 1. The second kappa shape index (κ2) is 5.48. The maximum Gasteiger partial charge on any atom is 0.256 e. The molecule has 0 radical (unpaired) electrons. The SMILES string of the molecule is CC1CCC(C(N)=O)CN1C(=O)c1cccc(F)c1N. The van der Waals surface area contributed by atoms with Crippen molar-refractivity contribution >= 4 is 17.5 Å². The number of carbonyl (C=O) groups is 2. The standard InChI is InChI=1S/C14H18FN3O2/c1-8-5-6-9(13(17)19)7-18(8)14(20)10-3-2-4-11(15)12(10)16/h2-4,8-9H,5-7,16H2,1H3,(H2,17,19). The fourth-order valence-electron chi connectivity index (χ4n) is 2.50. The predicted molar refractivity (Wildman–Crippen MR) is 73.2 cm³/mol. The first kappa shape index (κ1) is 14.3. The van der Waals surface area contributed by atoms with Gasteiger partial charge in [-0.3, -0.25) is 9.59 Å². The Kier molecular flexibility index (Phi) is 3.92. The number of hydrogen-bond donors (Lipinski definition) is 2. The summed E-state index contributed by atoms with van der Waals surface area (Å²) in [5, 5.41) is 0. The van der Waals surface area contributed by atoms with Crippen molar-refractivity contribution in [2.75, 3.05) is 12.3 Å². The van der Waals surface area contributed by atoms with Crippen LogP contribution >= 0.6 is 0 Å². The molecular formula is C14H18FN3O2. The number of primary amides is 1. The molecule has 1 aliphatic heterocycles. The maximum atomic E-state index is 13.4. The maximum absolute atomic E-state index is 13.4. The van der Waals surface area contributed by atoms with Gasteiger partial charge in [-0.2, -0.15) is 0 Å². The smallest absolute Gasteiger partial charge is 0.256 e. The lowest BCUT2D eigenvalue weighted by atomic mass is 9.92. The fourth-order valence-corrected chi connectivity index (χ4v) is 2.50. The predicted octanol–water partition coefficient (Wildman–Crippen LogP) is 1.13. The molecule has 0 spiro atoms. The number of nitrogen functional groups attached to an aromatic ring is 1. The zero-order chi connectivity index (χ0) is 14.9. The fraction of sp³-hybridized carbons (Fsp3) is 0.429. The molecule has 1 fully saturated rings. The van der Waals surface area contributed by atoms with E-state index >= 15 is 0 Å². The molecule has 20 heavy (non-hydrogen) atoms. The van der Waals surface area contributed by atoms with Crippen LogP contribution in [0.2, 0.25) is 0 Å². The lowest BCUT2D eigenvalue weighted by Crippen LogP contribution is -2.48. The van der Waals surface area contributed by atoms with Gasteiger partial charge in [0.2, 0.25) is 5.91 Å². The van der Waals surface area contributed by atoms with E-state index in [4.69, 9.17) is 11.5 Å². The first-order valence-electron chi connectivity index (χ1n) is 6.56. The molecule has 1 aliphatic rings. The highest BCUT2D eigenvalue weighted by molar-refractivity contribution is 5.99. The Bertz CT molecular complexity index is 547. The summed E-state index contributed by atoms with van der Waals surface area (Å²) in [5.41, 5.74) is 10.9. The molecule has 0 bridgehead atoms. The Balaban J connectivity index is 2.26. The average Bonchev–Trinajstić information content (AvgIpc) is 2.41. The van der Waals surface area contributed by atoms with Gasteiger partial charge in [0.1, 0.15) is 5.82 Å². The third kappa shape index (κ3) is 2.59. The van der Waals surface area contributed by atoms with Gasteiger partial charge in [0.05, 0.1) is 17.2 Å². The molecule has 2 amide bonds. The number of likely N-dealkylation sites (tertiary alicyclic amines) is 1. The summed E-state index contributed by atoms with van der Waals surface area (Å²) in [6.07, 6.45) is 1.35. The van der Waals surface area contributed by atoms with Crippen molar-refractivity contribution < 1.29 is 14.0 Å². The van der Waals surface area contributed by atoms with E-state index in [0.717, 1.165) is 0 Å². The molecule has 1 aromatic rings. The summed E-state index contributed by atoms with van der Waals surface area (Å²) in [7, 11) is 0. The molecular weight excluding hydrogens is 261 g/mol. The van der Waals surface area contributed by atoms with Crippen LogP contribution in [0.1, 0.15) is 30.1 Å². The van der Waals surface area contributed by atoms with E-state index in [1.807, 2.05) is 6.92 Å². The number of carbonyl (C=O) groups excluding carboxylic acids is 2. The minimum Gasteiger partial charge on any atom is -0.396 e. The van der Waals surface area contributed by atoms with Crippen molar-refractivity contribution in [2.45, 2.75) is 25.8 Å². The van der Waals surface area contributed by atoms with Crippen LogP contribution in [0.15, 0.2) is 18.2 Å². The van der Waals surface area contributed by atoms with Crippen molar-refractivity contribution in [1.82, 2.24) is 4.90 Å². The molecule has 1 aromatic carbocycles. The largest absolute Gasteiger partial charge is 0.396 e. The van der Waals surface area contributed by atoms with Crippen LogP contribution in [0.5, 0.6) is 0 Å². The van der Waals surface area contributed by atoms with Crippen molar-refractivity contribution in [3.63, 3.8) is 0 Å². The Labute approximate surface area is 116 Å². The van der Waals surface area contributed by atoms with Gasteiger partial charge in [-0.15, -0.1) is 0 Å². The van der Waals surface area contributed by atoms with Crippen LogP contribution < -0.4 is 11.5 Å². The average molecular weight is 279 g/mol. The molecule has 2 atom stereocenters. The Morgan fingerprint density at radius 1 is 1.35 bits per heavy atom. The molecule has 0 saturated carbocycles. The molecule has 0 aliphatic carbocycles. The van der Waals surface area contributed by atoms with Gasteiger partial charge in [0, 0.05) is 12.6 Å². The van der Waals surface area contributed by atoms with Crippen LogP contribution in [-0.4, -0.2) is 29.3 Å².